The Kier molecular flexibility index (Phi) is 5.63. The van der Waals surface area contributed by atoms with E-state index in [1.54, 1.807) is 7.11 Å². The summed E-state index contributed by atoms with van der Waals surface area (Å²) in [5.74, 6) is 0.946. The molecule has 3 heteroatoms. The van der Waals surface area contributed by atoms with Gasteiger partial charge in [0.1, 0.15) is 5.75 Å². The van der Waals surface area contributed by atoms with Gasteiger partial charge in [0.25, 0.3) is 0 Å². The fourth-order valence-electron chi connectivity index (χ4n) is 1.89. The predicted octanol–water partition coefficient (Wildman–Crippen LogP) is 2.46. The summed E-state index contributed by atoms with van der Waals surface area (Å²) in [4.78, 5) is 0. The lowest BCUT2D eigenvalue weighted by Crippen LogP contribution is -2.17. The van der Waals surface area contributed by atoms with Gasteiger partial charge in [0.05, 0.1) is 7.11 Å². The van der Waals surface area contributed by atoms with Gasteiger partial charge >= 0.3 is 0 Å². The van der Waals surface area contributed by atoms with Crippen molar-refractivity contribution in [3.8, 4) is 5.75 Å². The second-order valence-electron chi connectivity index (χ2n) is 5.54. The summed E-state index contributed by atoms with van der Waals surface area (Å²) in [5, 5.41) is 12.0. The van der Waals surface area contributed by atoms with Crippen molar-refractivity contribution in [1.29, 1.82) is 0 Å². The number of hydrogen-bond donors (Lipinski definition) is 2. The van der Waals surface area contributed by atoms with E-state index in [9.17, 15) is 0 Å². The van der Waals surface area contributed by atoms with Gasteiger partial charge in [-0.1, -0.05) is 32.9 Å². The zero-order chi connectivity index (χ0) is 13.6. The summed E-state index contributed by atoms with van der Waals surface area (Å²) < 4.78 is 5.42. The zero-order valence-electron chi connectivity index (χ0n) is 11.9. The molecule has 0 aliphatic carbocycles. The number of benzene rings is 1. The molecule has 1 aromatic rings. The van der Waals surface area contributed by atoms with Crippen molar-refractivity contribution >= 4 is 0 Å². The molecule has 0 aliphatic heterocycles. The Morgan fingerprint density at radius 1 is 1.28 bits per heavy atom. The van der Waals surface area contributed by atoms with Crippen LogP contribution in [0.15, 0.2) is 18.2 Å². The first kappa shape index (κ1) is 15.0. The van der Waals surface area contributed by atoms with Crippen LogP contribution in [-0.4, -0.2) is 25.4 Å². The zero-order valence-corrected chi connectivity index (χ0v) is 11.9. The van der Waals surface area contributed by atoms with Crippen molar-refractivity contribution in [3.63, 3.8) is 0 Å². The topological polar surface area (TPSA) is 41.5 Å². The van der Waals surface area contributed by atoms with E-state index in [0.717, 1.165) is 25.3 Å². The molecule has 3 nitrogen and oxygen atoms in total. The van der Waals surface area contributed by atoms with Crippen molar-refractivity contribution in [2.24, 2.45) is 0 Å². The summed E-state index contributed by atoms with van der Waals surface area (Å²) in [7, 11) is 1.71. The van der Waals surface area contributed by atoms with Gasteiger partial charge in [-0.3, -0.25) is 0 Å². The second-order valence-corrected chi connectivity index (χ2v) is 5.54. The molecular formula is C15H25NO2. The maximum atomic E-state index is 8.73. The molecule has 0 heterocycles. The minimum absolute atomic E-state index is 0.0758. The van der Waals surface area contributed by atoms with E-state index in [2.05, 4.69) is 38.2 Å². The van der Waals surface area contributed by atoms with Crippen molar-refractivity contribution in [3.05, 3.63) is 29.3 Å². The van der Waals surface area contributed by atoms with E-state index in [1.165, 1.54) is 11.1 Å². The van der Waals surface area contributed by atoms with Crippen LogP contribution in [0.25, 0.3) is 0 Å². The average Bonchev–Trinajstić information content (AvgIpc) is 2.33. The lowest BCUT2D eigenvalue weighted by atomic mass is 9.85. The predicted molar refractivity (Wildman–Crippen MR) is 75.1 cm³/mol. The van der Waals surface area contributed by atoms with E-state index >= 15 is 0 Å². The Balaban J connectivity index is 2.77. The van der Waals surface area contributed by atoms with Crippen LogP contribution in [0.3, 0.4) is 0 Å². The summed E-state index contributed by atoms with van der Waals surface area (Å²) in [6.45, 7) is 8.47. The van der Waals surface area contributed by atoms with Crippen molar-refractivity contribution in [2.45, 2.75) is 39.2 Å². The molecular weight excluding hydrogens is 226 g/mol. The van der Waals surface area contributed by atoms with Crippen LogP contribution in [-0.2, 0) is 12.0 Å². The highest BCUT2D eigenvalue weighted by Crippen LogP contribution is 2.31. The van der Waals surface area contributed by atoms with Crippen LogP contribution in [0.2, 0.25) is 0 Å². The van der Waals surface area contributed by atoms with E-state index in [4.69, 9.17) is 9.84 Å². The van der Waals surface area contributed by atoms with Crippen molar-refractivity contribution in [2.75, 3.05) is 20.3 Å². The number of ether oxygens (including phenoxy) is 1. The Morgan fingerprint density at radius 2 is 2.00 bits per heavy atom. The minimum Gasteiger partial charge on any atom is -0.496 e. The number of rotatable bonds is 6. The SMILES string of the molecule is COc1ccc(CNCCCO)cc1C(C)(C)C. The van der Waals surface area contributed by atoms with E-state index in [-0.39, 0.29) is 12.0 Å². The van der Waals surface area contributed by atoms with Gasteiger partial charge in [0.2, 0.25) is 0 Å². The molecule has 0 radical (unpaired) electrons. The van der Waals surface area contributed by atoms with Crippen LogP contribution in [0.4, 0.5) is 0 Å². The summed E-state index contributed by atoms with van der Waals surface area (Å²) >= 11 is 0. The molecule has 0 fully saturated rings. The molecule has 0 atom stereocenters. The fourth-order valence-corrected chi connectivity index (χ4v) is 1.89. The molecule has 0 unspecified atom stereocenters. The highest BCUT2D eigenvalue weighted by Gasteiger charge is 2.18. The minimum atomic E-state index is 0.0758. The quantitative estimate of drug-likeness (QED) is 0.763. The van der Waals surface area contributed by atoms with Gasteiger partial charge in [0, 0.05) is 13.2 Å². The summed E-state index contributed by atoms with van der Waals surface area (Å²) in [6.07, 6.45) is 0.794. The number of aliphatic hydroxyl groups excluding tert-OH is 1. The maximum absolute atomic E-state index is 8.73. The highest BCUT2D eigenvalue weighted by atomic mass is 16.5. The fraction of sp³-hybridized carbons (Fsp3) is 0.600. The third kappa shape index (κ3) is 4.31. The first-order valence-electron chi connectivity index (χ1n) is 6.48. The Hall–Kier alpha value is -1.06. The van der Waals surface area contributed by atoms with Gasteiger partial charge in [-0.05, 0) is 35.6 Å². The van der Waals surface area contributed by atoms with Gasteiger partial charge < -0.3 is 15.2 Å². The van der Waals surface area contributed by atoms with Crippen LogP contribution < -0.4 is 10.1 Å². The van der Waals surface area contributed by atoms with E-state index < -0.39 is 0 Å². The van der Waals surface area contributed by atoms with Crippen LogP contribution in [0.5, 0.6) is 5.75 Å². The average molecular weight is 251 g/mol. The third-order valence-corrected chi connectivity index (χ3v) is 2.91. The van der Waals surface area contributed by atoms with Crippen LogP contribution in [0.1, 0.15) is 38.3 Å². The number of nitrogens with one attached hydrogen (secondary N) is 1. The normalized spacial score (nSPS) is 11.6. The Labute approximate surface area is 110 Å². The van der Waals surface area contributed by atoms with Gasteiger partial charge in [0.15, 0.2) is 0 Å². The molecule has 0 amide bonds. The molecule has 0 saturated heterocycles. The molecule has 2 N–H and O–H groups in total. The Morgan fingerprint density at radius 3 is 2.56 bits per heavy atom. The molecule has 1 aromatic carbocycles. The smallest absolute Gasteiger partial charge is 0.122 e. The van der Waals surface area contributed by atoms with Crippen LogP contribution in [0, 0.1) is 0 Å². The standard InChI is InChI=1S/C15H25NO2/c1-15(2,3)13-10-12(6-7-14(13)18-4)11-16-8-5-9-17/h6-7,10,16-17H,5,8-9,11H2,1-4H3. The molecule has 0 aromatic heterocycles. The Bertz CT molecular complexity index is 369. The first-order valence-corrected chi connectivity index (χ1v) is 6.48. The molecule has 1 rings (SSSR count). The number of methoxy groups -OCH3 is 1. The largest absolute Gasteiger partial charge is 0.496 e. The monoisotopic (exact) mass is 251 g/mol. The molecule has 0 spiro atoms. The highest BCUT2D eigenvalue weighted by molar-refractivity contribution is 5.41. The van der Waals surface area contributed by atoms with E-state index in [1.807, 2.05) is 6.07 Å². The molecule has 102 valence electrons. The number of hydrogen-bond acceptors (Lipinski definition) is 3. The van der Waals surface area contributed by atoms with Gasteiger partial charge in [-0.25, -0.2) is 0 Å². The van der Waals surface area contributed by atoms with Crippen molar-refractivity contribution in [1.82, 2.24) is 5.32 Å². The maximum Gasteiger partial charge on any atom is 0.122 e. The van der Waals surface area contributed by atoms with Crippen molar-refractivity contribution < 1.29 is 9.84 Å². The molecule has 18 heavy (non-hydrogen) atoms. The lowest BCUT2D eigenvalue weighted by molar-refractivity contribution is 0.286. The van der Waals surface area contributed by atoms with Crippen LogP contribution >= 0.6 is 0 Å². The molecule has 0 aliphatic rings. The first-order chi connectivity index (χ1) is 8.49. The molecule has 0 bridgehead atoms. The van der Waals surface area contributed by atoms with E-state index in [0.29, 0.717) is 0 Å². The summed E-state index contributed by atoms with van der Waals surface area (Å²) in [5.41, 5.74) is 2.55. The second kappa shape index (κ2) is 6.76. The lowest BCUT2D eigenvalue weighted by Gasteiger charge is -2.23. The molecule has 0 saturated carbocycles. The third-order valence-electron chi connectivity index (χ3n) is 2.91. The number of aliphatic hydroxyl groups is 1. The van der Waals surface area contributed by atoms with Gasteiger partial charge in [-0.2, -0.15) is 0 Å². The van der Waals surface area contributed by atoms with Gasteiger partial charge in [-0.15, -0.1) is 0 Å². The summed E-state index contributed by atoms with van der Waals surface area (Å²) in [6, 6.07) is 6.31.